The molecule has 0 aliphatic heterocycles. The molecule has 0 fully saturated rings. The second kappa shape index (κ2) is 11.6. The summed E-state index contributed by atoms with van der Waals surface area (Å²) in [5.74, 6) is 2.48. The van der Waals surface area contributed by atoms with Gasteiger partial charge in [-0.05, 0) is 31.9 Å². The van der Waals surface area contributed by atoms with Crippen molar-refractivity contribution in [3.05, 3.63) is 0 Å². The summed E-state index contributed by atoms with van der Waals surface area (Å²) >= 11 is 1.92. The maximum Gasteiger partial charge on any atom is 0.224 e. The van der Waals surface area contributed by atoms with Crippen LogP contribution in [0.25, 0.3) is 0 Å². The average molecular weight is 269 g/mol. The molecule has 0 heterocycles. The highest BCUT2D eigenvalue weighted by molar-refractivity contribution is 7.99. The molecule has 0 aromatic rings. The molecule has 16 heavy (non-hydrogen) atoms. The smallest absolute Gasteiger partial charge is 0.224 e. The summed E-state index contributed by atoms with van der Waals surface area (Å²) in [7, 11) is 1.87. The summed E-state index contributed by atoms with van der Waals surface area (Å²) in [6.07, 6.45) is 1.05. The van der Waals surface area contributed by atoms with Gasteiger partial charge in [0.15, 0.2) is 0 Å². The van der Waals surface area contributed by atoms with Gasteiger partial charge in [-0.3, -0.25) is 4.79 Å². The molecule has 2 atom stereocenters. The predicted octanol–water partition coefficient (Wildman–Crippen LogP) is 1.91. The van der Waals surface area contributed by atoms with Gasteiger partial charge >= 0.3 is 0 Å². The molecule has 0 bridgehead atoms. The monoisotopic (exact) mass is 268 g/mol. The van der Waals surface area contributed by atoms with Gasteiger partial charge in [0, 0.05) is 18.5 Å². The SMILES string of the molecule is CCSCCC(C)NC(=O)C(C)CNC.Cl. The largest absolute Gasteiger partial charge is 0.353 e. The molecule has 1 amide bonds. The number of carbonyl (C=O) groups is 1. The van der Waals surface area contributed by atoms with Gasteiger partial charge in [0.05, 0.1) is 0 Å². The maximum atomic E-state index is 11.6. The molecule has 2 N–H and O–H groups in total. The fourth-order valence-electron chi connectivity index (χ4n) is 1.26. The first-order valence-electron chi connectivity index (χ1n) is 5.64. The van der Waals surface area contributed by atoms with Crippen LogP contribution in [0, 0.1) is 5.92 Å². The Hall–Kier alpha value is 0.0700. The molecule has 0 spiro atoms. The van der Waals surface area contributed by atoms with Crippen molar-refractivity contribution in [2.24, 2.45) is 5.92 Å². The van der Waals surface area contributed by atoms with Gasteiger partial charge in [-0.1, -0.05) is 13.8 Å². The number of halogens is 1. The Balaban J connectivity index is 0. The van der Waals surface area contributed by atoms with Crippen LogP contribution >= 0.6 is 24.2 Å². The first-order valence-corrected chi connectivity index (χ1v) is 6.80. The molecule has 0 rings (SSSR count). The average Bonchev–Trinajstić information content (AvgIpc) is 2.18. The molecule has 2 unspecified atom stereocenters. The highest BCUT2D eigenvalue weighted by Gasteiger charge is 2.13. The van der Waals surface area contributed by atoms with Gasteiger partial charge in [-0.25, -0.2) is 0 Å². The van der Waals surface area contributed by atoms with Crippen molar-refractivity contribution < 1.29 is 4.79 Å². The molecule has 98 valence electrons. The first-order chi connectivity index (χ1) is 7.11. The number of carbonyl (C=O) groups excluding carboxylic acids is 1. The lowest BCUT2D eigenvalue weighted by molar-refractivity contribution is -0.124. The number of hydrogen-bond acceptors (Lipinski definition) is 3. The minimum atomic E-state index is 0. The van der Waals surface area contributed by atoms with Crippen LogP contribution in [0.2, 0.25) is 0 Å². The van der Waals surface area contributed by atoms with Gasteiger partial charge in [-0.15, -0.1) is 12.4 Å². The van der Waals surface area contributed by atoms with Crippen molar-refractivity contribution >= 4 is 30.1 Å². The maximum absolute atomic E-state index is 11.6. The minimum absolute atomic E-state index is 0. The summed E-state index contributed by atoms with van der Waals surface area (Å²) in [6.45, 7) is 6.91. The molecule has 0 radical (unpaired) electrons. The Bertz CT molecular complexity index is 181. The van der Waals surface area contributed by atoms with Crippen LogP contribution in [-0.4, -0.2) is 37.0 Å². The van der Waals surface area contributed by atoms with Crippen molar-refractivity contribution in [1.82, 2.24) is 10.6 Å². The summed E-state index contributed by atoms with van der Waals surface area (Å²) in [4.78, 5) is 11.6. The van der Waals surface area contributed by atoms with Crippen molar-refractivity contribution in [3.8, 4) is 0 Å². The zero-order valence-electron chi connectivity index (χ0n) is 10.7. The normalized spacial score (nSPS) is 13.8. The van der Waals surface area contributed by atoms with E-state index in [0.717, 1.165) is 24.5 Å². The second-order valence-electron chi connectivity index (χ2n) is 3.85. The molecule has 0 aliphatic carbocycles. The second-order valence-corrected chi connectivity index (χ2v) is 5.25. The van der Waals surface area contributed by atoms with Crippen molar-refractivity contribution in [1.29, 1.82) is 0 Å². The first kappa shape index (κ1) is 18.4. The van der Waals surface area contributed by atoms with Crippen LogP contribution in [0.4, 0.5) is 0 Å². The molecule has 0 aliphatic rings. The van der Waals surface area contributed by atoms with Crippen LogP contribution in [0.1, 0.15) is 27.2 Å². The van der Waals surface area contributed by atoms with E-state index in [0.29, 0.717) is 0 Å². The van der Waals surface area contributed by atoms with E-state index in [1.54, 1.807) is 0 Å². The van der Waals surface area contributed by atoms with E-state index < -0.39 is 0 Å². The van der Waals surface area contributed by atoms with E-state index in [9.17, 15) is 4.79 Å². The fraction of sp³-hybridized carbons (Fsp3) is 0.909. The zero-order valence-corrected chi connectivity index (χ0v) is 12.3. The predicted molar refractivity (Wildman–Crippen MR) is 75.6 cm³/mol. The molecule has 0 aromatic carbocycles. The van der Waals surface area contributed by atoms with Gasteiger partial charge in [-0.2, -0.15) is 11.8 Å². The summed E-state index contributed by atoms with van der Waals surface area (Å²) in [5.41, 5.74) is 0. The summed E-state index contributed by atoms with van der Waals surface area (Å²) in [5, 5.41) is 6.04. The van der Waals surface area contributed by atoms with E-state index >= 15 is 0 Å². The quantitative estimate of drug-likeness (QED) is 0.661. The third kappa shape index (κ3) is 9.31. The van der Waals surface area contributed by atoms with Gasteiger partial charge in [0.1, 0.15) is 0 Å². The third-order valence-electron chi connectivity index (χ3n) is 2.25. The lowest BCUT2D eigenvalue weighted by Crippen LogP contribution is -2.39. The van der Waals surface area contributed by atoms with E-state index in [-0.39, 0.29) is 30.3 Å². The van der Waals surface area contributed by atoms with Crippen LogP contribution in [0.3, 0.4) is 0 Å². The molecule has 5 heteroatoms. The van der Waals surface area contributed by atoms with Crippen LogP contribution in [-0.2, 0) is 4.79 Å². The zero-order chi connectivity index (χ0) is 11.7. The highest BCUT2D eigenvalue weighted by Crippen LogP contribution is 2.04. The fourth-order valence-corrected chi connectivity index (χ4v) is 2.07. The number of amides is 1. The summed E-state index contributed by atoms with van der Waals surface area (Å²) in [6, 6.07) is 0.288. The third-order valence-corrected chi connectivity index (χ3v) is 3.18. The van der Waals surface area contributed by atoms with E-state index in [4.69, 9.17) is 0 Å². The van der Waals surface area contributed by atoms with Crippen LogP contribution in [0.15, 0.2) is 0 Å². The van der Waals surface area contributed by atoms with Crippen molar-refractivity contribution in [2.75, 3.05) is 25.1 Å². The van der Waals surface area contributed by atoms with E-state index in [2.05, 4.69) is 24.5 Å². The Morgan fingerprint density at radius 1 is 1.38 bits per heavy atom. The Morgan fingerprint density at radius 3 is 2.50 bits per heavy atom. The molecular weight excluding hydrogens is 244 g/mol. The van der Waals surface area contributed by atoms with Crippen molar-refractivity contribution in [2.45, 2.75) is 33.2 Å². The molecule has 0 saturated carbocycles. The van der Waals surface area contributed by atoms with Gasteiger partial charge < -0.3 is 10.6 Å². The highest BCUT2D eigenvalue weighted by atomic mass is 35.5. The Labute approximate surface area is 110 Å². The van der Waals surface area contributed by atoms with Crippen molar-refractivity contribution in [3.63, 3.8) is 0 Å². The standard InChI is InChI=1S/C11H24N2OS.ClH/c1-5-15-7-6-10(3)13-11(14)9(2)8-12-4;/h9-10,12H,5-8H2,1-4H3,(H,13,14);1H. The molecule has 0 saturated heterocycles. The lowest BCUT2D eigenvalue weighted by Gasteiger charge is -2.17. The summed E-state index contributed by atoms with van der Waals surface area (Å²) < 4.78 is 0. The number of hydrogen-bond donors (Lipinski definition) is 2. The minimum Gasteiger partial charge on any atom is -0.353 e. The van der Waals surface area contributed by atoms with Gasteiger partial charge in [0.2, 0.25) is 5.91 Å². The Kier molecular flexibility index (Phi) is 13.3. The van der Waals surface area contributed by atoms with E-state index in [1.807, 2.05) is 25.7 Å². The van der Waals surface area contributed by atoms with E-state index in [1.165, 1.54) is 0 Å². The lowest BCUT2D eigenvalue weighted by atomic mass is 10.1. The number of rotatable bonds is 8. The van der Waals surface area contributed by atoms with Crippen LogP contribution < -0.4 is 10.6 Å². The van der Waals surface area contributed by atoms with Crippen LogP contribution in [0.5, 0.6) is 0 Å². The Morgan fingerprint density at radius 2 is 2.00 bits per heavy atom. The molecule has 0 aromatic heterocycles. The molecule has 3 nitrogen and oxygen atoms in total. The number of thioether (sulfide) groups is 1. The van der Waals surface area contributed by atoms with Gasteiger partial charge in [0.25, 0.3) is 0 Å². The molecular formula is C11H25ClN2OS. The number of nitrogens with one attached hydrogen (secondary N) is 2. The topological polar surface area (TPSA) is 41.1 Å².